The van der Waals surface area contributed by atoms with Crippen molar-refractivity contribution in [2.45, 2.75) is 78.2 Å². The van der Waals surface area contributed by atoms with Crippen molar-refractivity contribution in [1.82, 2.24) is 15.5 Å². The Labute approximate surface area is 140 Å². The molecule has 0 rings (SSSR count). The van der Waals surface area contributed by atoms with Crippen molar-refractivity contribution in [3.05, 3.63) is 0 Å². The van der Waals surface area contributed by atoms with Gasteiger partial charge in [-0.3, -0.25) is 14.9 Å². The van der Waals surface area contributed by atoms with Gasteiger partial charge >= 0.3 is 0 Å². The van der Waals surface area contributed by atoms with Crippen molar-refractivity contribution in [2.24, 2.45) is 5.73 Å². The lowest BCUT2D eigenvalue weighted by Crippen LogP contribution is -2.57. The first-order valence-electron chi connectivity index (χ1n) is 8.57. The summed E-state index contributed by atoms with van der Waals surface area (Å²) in [5, 5.41) is 16.0. The van der Waals surface area contributed by atoms with Crippen molar-refractivity contribution < 1.29 is 14.7 Å². The molecule has 7 heteroatoms. The van der Waals surface area contributed by atoms with Crippen molar-refractivity contribution in [2.75, 3.05) is 13.1 Å². The highest BCUT2D eigenvalue weighted by Gasteiger charge is 2.26. The Kier molecular flexibility index (Phi) is 10.8. The minimum absolute atomic E-state index is 0.0535. The summed E-state index contributed by atoms with van der Waals surface area (Å²) in [4.78, 5) is 25.8. The molecule has 23 heavy (non-hydrogen) atoms. The smallest absolute Gasteiger partial charge is 0.239 e. The molecule has 0 aliphatic carbocycles. The van der Waals surface area contributed by atoms with Crippen LogP contribution in [0.3, 0.4) is 0 Å². The molecule has 2 amide bonds. The van der Waals surface area contributed by atoms with Crippen molar-refractivity contribution >= 4 is 11.8 Å². The van der Waals surface area contributed by atoms with Gasteiger partial charge in [-0.2, -0.15) is 0 Å². The second-order valence-electron chi connectivity index (χ2n) is 5.94. The van der Waals surface area contributed by atoms with Gasteiger partial charge in [0, 0.05) is 13.1 Å². The third-order valence-corrected chi connectivity index (χ3v) is 3.70. The van der Waals surface area contributed by atoms with E-state index >= 15 is 0 Å². The highest BCUT2D eigenvalue weighted by molar-refractivity contribution is 5.82. The van der Waals surface area contributed by atoms with Crippen LogP contribution in [0.15, 0.2) is 0 Å². The first-order valence-corrected chi connectivity index (χ1v) is 8.57. The molecule has 4 atom stereocenters. The van der Waals surface area contributed by atoms with Gasteiger partial charge in [-0.05, 0) is 33.6 Å². The molecule has 0 bridgehead atoms. The largest absolute Gasteiger partial charge is 0.376 e. The summed E-state index contributed by atoms with van der Waals surface area (Å²) in [5.74, 6) is -0.369. The van der Waals surface area contributed by atoms with E-state index < -0.39 is 24.4 Å². The highest BCUT2D eigenvalue weighted by Crippen LogP contribution is 2.04. The molecular formula is C16H34N4O3. The van der Waals surface area contributed by atoms with E-state index in [9.17, 15) is 14.7 Å². The highest BCUT2D eigenvalue weighted by atomic mass is 16.3. The zero-order chi connectivity index (χ0) is 18.0. The molecule has 4 unspecified atom stereocenters. The number of nitrogens with two attached hydrogens (primary N) is 1. The van der Waals surface area contributed by atoms with Crippen LogP contribution in [-0.2, 0) is 9.59 Å². The van der Waals surface area contributed by atoms with E-state index in [1.807, 2.05) is 20.8 Å². The van der Waals surface area contributed by atoms with Crippen LogP contribution < -0.4 is 16.4 Å². The Bertz CT molecular complexity index is 363. The van der Waals surface area contributed by atoms with E-state index in [4.69, 9.17) is 5.73 Å². The standard InChI is InChI=1S/C16H34N4O3/c1-6-9-13(19-14(21)11(4)17)15(22)18-12(5)16(23)20(8-3)10-7-2/h11-13,15,18,22H,6-10,17H2,1-5H3,(H,19,21). The molecule has 0 aromatic rings. The summed E-state index contributed by atoms with van der Waals surface area (Å²) in [5.41, 5.74) is 5.55. The first kappa shape index (κ1) is 21.8. The van der Waals surface area contributed by atoms with E-state index in [1.165, 1.54) is 0 Å². The molecule has 0 aromatic heterocycles. The molecule has 0 aromatic carbocycles. The lowest BCUT2D eigenvalue weighted by atomic mass is 10.1. The molecule has 5 N–H and O–H groups in total. The number of carbonyl (C=O) groups excluding carboxylic acids is 2. The molecular weight excluding hydrogens is 296 g/mol. The monoisotopic (exact) mass is 330 g/mol. The number of aliphatic hydroxyl groups excluding tert-OH is 1. The van der Waals surface area contributed by atoms with Gasteiger partial charge in [0.05, 0.1) is 18.1 Å². The summed E-state index contributed by atoms with van der Waals surface area (Å²) < 4.78 is 0. The Morgan fingerprint density at radius 1 is 1.17 bits per heavy atom. The molecule has 0 heterocycles. The van der Waals surface area contributed by atoms with Crippen LogP contribution in [0, 0.1) is 0 Å². The Hall–Kier alpha value is -1.18. The van der Waals surface area contributed by atoms with Crippen molar-refractivity contribution in [3.63, 3.8) is 0 Å². The van der Waals surface area contributed by atoms with Gasteiger partial charge in [0.25, 0.3) is 0 Å². The summed E-state index contributed by atoms with van der Waals surface area (Å²) in [6, 6.07) is -1.64. The summed E-state index contributed by atoms with van der Waals surface area (Å²) in [6.45, 7) is 10.6. The summed E-state index contributed by atoms with van der Waals surface area (Å²) >= 11 is 0. The van der Waals surface area contributed by atoms with Gasteiger partial charge in [-0.15, -0.1) is 0 Å². The van der Waals surface area contributed by atoms with Gasteiger partial charge in [0.1, 0.15) is 6.23 Å². The van der Waals surface area contributed by atoms with Gasteiger partial charge < -0.3 is 21.1 Å². The Morgan fingerprint density at radius 3 is 2.22 bits per heavy atom. The summed E-state index contributed by atoms with van der Waals surface area (Å²) in [6.07, 6.45) is 1.27. The molecule has 0 aliphatic rings. The predicted molar refractivity (Wildman–Crippen MR) is 91.6 cm³/mol. The lowest BCUT2D eigenvalue weighted by molar-refractivity contribution is -0.134. The average Bonchev–Trinajstić information content (AvgIpc) is 2.50. The molecule has 0 fully saturated rings. The number of nitrogens with one attached hydrogen (secondary N) is 2. The number of nitrogens with zero attached hydrogens (tertiary/aromatic N) is 1. The van der Waals surface area contributed by atoms with E-state index in [0.29, 0.717) is 19.5 Å². The maximum absolute atomic E-state index is 12.4. The number of hydrogen-bond acceptors (Lipinski definition) is 5. The van der Waals surface area contributed by atoms with Crippen LogP contribution in [-0.4, -0.2) is 59.3 Å². The number of carbonyl (C=O) groups is 2. The zero-order valence-corrected chi connectivity index (χ0v) is 15.1. The molecule has 7 nitrogen and oxygen atoms in total. The quantitative estimate of drug-likeness (QED) is 0.404. The van der Waals surface area contributed by atoms with E-state index in [0.717, 1.165) is 12.8 Å². The van der Waals surface area contributed by atoms with Crippen molar-refractivity contribution in [3.8, 4) is 0 Å². The number of likely N-dealkylation sites (N-methyl/N-ethyl adjacent to an activating group) is 1. The number of amides is 2. The minimum atomic E-state index is -1.00. The van der Waals surface area contributed by atoms with Crippen LogP contribution >= 0.6 is 0 Å². The molecule has 136 valence electrons. The van der Waals surface area contributed by atoms with Crippen LogP contribution in [0.1, 0.15) is 53.9 Å². The average molecular weight is 330 g/mol. The first-order chi connectivity index (χ1) is 10.8. The van der Waals surface area contributed by atoms with Gasteiger partial charge in [-0.25, -0.2) is 0 Å². The van der Waals surface area contributed by atoms with Gasteiger partial charge in [0.2, 0.25) is 11.8 Å². The molecule has 0 saturated heterocycles. The fourth-order valence-corrected chi connectivity index (χ4v) is 2.35. The van der Waals surface area contributed by atoms with Gasteiger partial charge in [-0.1, -0.05) is 20.3 Å². The number of rotatable bonds is 11. The van der Waals surface area contributed by atoms with Crippen LogP contribution in [0.2, 0.25) is 0 Å². The minimum Gasteiger partial charge on any atom is -0.376 e. The predicted octanol–water partition coefficient (Wildman–Crippen LogP) is 0.174. The van der Waals surface area contributed by atoms with Crippen LogP contribution in [0.4, 0.5) is 0 Å². The van der Waals surface area contributed by atoms with Crippen molar-refractivity contribution in [1.29, 1.82) is 0 Å². The maximum Gasteiger partial charge on any atom is 0.239 e. The number of hydrogen-bond donors (Lipinski definition) is 4. The second kappa shape index (κ2) is 11.4. The third-order valence-electron chi connectivity index (χ3n) is 3.70. The fourth-order valence-electron chi connectivity index (χ4n) is 2.35. The third kappa shape index (κ3) is 7.76. The summed E-state index contributed by atoms with van der Waals surface area (Å²) in [7, 11) is 0. The number of aliphatic hydroxyl groups is 1. The normalized spacial score (nSPS) is 16.3. The maximum atomic E-state index is 12.4. The SMILES string of the molecule is CCCC(NC(=O)C(C)N)C(O)NC(C)C(=O)N(CC)CCC. The second-order valence-corrected chi connectivity index (χ2v) is 5.94. The van der Waals surface area contributed by atoms with E-state index in [-0.39, 0.29) is 11.8 Å². The lowest BCUT2D eigenvalue weighted by Gasteiger charge is -2.30. The molecule has 0 saturated carbocycles. The molecule has 0 aliphatic heterocycles. The Balaban J connectivity index is 4.73. The van der Waals surface area contributed by atoms with E-state index in [2.05, 4.69) is 10.6 Å². The van der Waals surface area contributed by atoms with Gasteiger partial charge in [0.15, 0.2) is 0 Å². The zero-order valence-electron chi connectivity index (χ0n) is 15.1. The molecule has 0 spiro atoms. The van der Waals surface area contributed by atoms with Crippen LogP contribution in [0.25, 0.3) is 0 Å². The van der Waals surface area contributed by atoms with Crippen LogP contribution in [0.5, 0.6) is 0 Å². The topological polar surface area (TPSA) is 108 Å². The van der Waals surface area contributed by atoms with E-state index in [1.54, 1.807) is 18.7 Å². The molecule has 0 radical (unpaired) electrons. The Morgan fingerprint density at radius 2 is 1.78 bits per heavy atom. The fraction of sp³-hybridized carbons (Fsp3) is 0.875.